The maximum Gasteiger partial charge on any atom is 0.0205 e. The summed E-state index contributed by atoms with van der Waals surface area (Å²) in [6.45, 7) is 3.76. The molecule has 0 aliphatic heterocycles. The van der Waals surface area contributed by atoms with E-state index in [1.807, 2.05) is 0 Å². The fourth-order valence-corrected chi connectivity index (χ4v) is 0.933. The first kappa shape index (κ1) is 7.91. The second kappa shape index (κ2) is 5.05. The second-order valence-electron chi connectivity index (χ2n) is 1.55. The molecule has 0 aromatic carbocycles. The maximum absolute atomic E-state index is 5.09. The number of thioether (sulfide) groups is 1. The van der Waals surface area contributed by atoms with Crippen LogP contribution in [-0.2, 0) is 0 Å². The largest absolute Gasteiger partial charge is 0.161 e. The average molecular weight is 127 g/mol. The molecular formula is C7H11S. The zero-order valence-electron chi connectivity index (χ0n) is 5.18. The molecule has 1 radical (unpaired) electrons. The van der Waals surface area contributed by atoms with Gasteiger partial charge in [0.2, 0.25) is 0 Å². The van der Waals surface area contributed by atoms with Gasteiger partial charge < -0.3 is 0 Å². The van der Waals surface area contributed by atoms with Gasteiger partial charge in [-0.1, -0.05) is 6.92 Å². The maximum atomic E-state index is 5.09. The van der Waals surface area contributed by atoms with Crippen LogP contribution in [0.1, 0.15) is 12.8 Å². The number of rotatable bonds is 3. The Morgan fingerprint density at radius 3 is 2.62 bits per heavy atom. The minimum absolute atomic E-state index is 0.569. The van der Waals surface area contributed by atoms with Crippen LogP contribution in [0.25, 0.3) is 0 Å². The van der Waals surface area contributed by atoms with Crippen molar-refractivity contribution >= 4 is 11.8 Å². The Morgan fingerprint density at radius 1 is 1.88 bits per heavy atom. The van der Waals surface area contributed by atoms with Gasteiger partial charge in [0.25, 0.3) is 0 Å². The first-order chi connectivity index (χ1) is 3.85. The predicted octanol–water partition coefficient (Wildman–Crippen LogP) is 1.97. The fraction of sp³-hybridized carbons (Fsp3) is 0.571. The molecule has 0 heterocycles. The van der Waals surface area contributed by atoms with Gasteiger partial charge in [0.1, 0.15) is 0 Å². The van der Waals surface area contributed by atoms with E-state index in [2.05, 4.69) is 19.1 Å². The van der Waals surface area contributed by atoms with E-state index < -0.39 is 0 Å². The quantitative estimate of drug-likeness (QED) is 0.522. The summed E-state index contributed by atoms with van der Waals surface area (Å²) in [6.07, 6.45) is 8.94. The SMILES string of the molecule is C#CCC(C[CH2])SC. The molecule has 0 rings (SSSR count). The molecule has 0 saturated carbocycles. The molecule has 0 nitrogen and oxygen atoms in total. The highest BCUT2D eigenvalue weighted by molar-refractivity contribution is 7.99. The molecule has 0 aliphatic rings. The molecule has 0 saturated heterocycles. The van der Waals surface area contributed by atoms with Gasteiger partial charge in [-0.25, -0.2) is 0 Å². The van der Waals surface area contributed by atoms with Crippen LogP contribution in [-0.4, -0.2) is 11.5 Å². The topological polar surface area (TPSA) is 0 Å². The van der Waals surface area contributed by atoms with Crippen LogP contribution in [0.3, 0.4) is 0 Å². The Bertz CT molecular complexity index is 76.9. The minimum atomic E-state index is 0.569. The molecule has 0 bridgehead atoms. The first-order valence-electron chi connectivity index (χ1n) is 2.60. The lowest BCUT2D eigenvalue weighted by Crippen LogP contribution is -1.96. The van der Waals surface area contributed by atoms with Crippen molar-refractivity contribution in [2.45, 2.75) is 18.1 Å². The number of hydrogen-bond acceptors (Lipinski definition) is 1. The Morgan fingerprint density at radius 2 is 2.50 bits per heavy atom. The molecule has 1 atom stereocenters. The van der Waals surface area contributed by atoms with E-state index in [0.717, 1.165) is 12.8 Å². The van der Waals surface area contributed by atoms with E-state index in [1.165, 1.54) is 0 Å². The lowest BCUT2D eigenvalue weighted by molar-refractivity contribution is 0.909. The van der Waals surface area contributed by atoms with Crippen LogP contribution < -0.4 is 0 Å². The third-order valence-corrected chi connectivity index (χ3v) is 2.07. The summed E-state index contributed by atoms with van der Waals surface area (Å²) in [7, 11) is 0. The highest BCUT2D eigenvalue weighted by Gasteiger charge is 1.98. The van der Waals surface area contributed by atoms with Crippen LogP contribution in [0.2, 0.25) is 0 Å². The normalized spacial score (nSPS) is 12.6. The Hall–Kier alpha value is -0.0900. The van der Waals surface area contributed by atoms with Gasteiger partial charge in [-0.05, 0) is 12.7 Å². The molecule has 1 heteroatoms. The van der Waals surface area contributed by atoms with Crippen molar-refractivity contribution < 1.29 is 0 Å². The van der Waals surface area contributed by atoms with Gasteiger partial charge in [0.05, 0.1) is 0 Å². The van der Waals surface area contributed by atoms with Crippen molar-refractivity contribution in [1.82, 2.24) is 0 Å². The van der Waals surface area contributed by atoms with Crippen molar-refractivity contribution in [3.05, 3.63) is 6.92 Å². The van der Waals surface area contributed by atoms with Crippen LogP contribution >= 0.6 is 11.8 Å². The molecular weight excluding hydrogens is 116 g/mol. The van der Waals surface area contributed by atoms with Crippen LogP contribution in [0.15, 0.2) is 0 Å². The Kier molecular flexibility index (Phi) is 5.00. The van der Waals surface area contributed by atoms with Gasteiger partial charge in [-0.2, -0.15) is 11.8 Å². The summed E-state index contributed by atoms with van der Waals surface area (Å²) in [5, 5.41) is 0.569. The molecule has 1 unspecified atom stereocenters. The summed E-state index contributed by atoms with van der Waals surface area (Å²) < 4.78 is 0. The first-order valence-corrected chi connectivity index (χ1v) is 3.89. The second-order valence-corrected chi connectivity index (χ2v) is 2.69. The summed E-state index contributed by atoms with van der Waals surface area (Å²) in [6, 6.07) is 0. The van der Waals surface area contributed by atoms with E-state index in [1.54, 1.807) is 11.8 Å². The Balaban J connectivity index is 3.25. The highest BCUT2D eigenvalue weighted by atomic mass is 32.2. The van der Waals surface area contributed by atoms with Crippen LogP contribution in [0, 0.1) is 19.3 Å². The smallest absolute Gasteiger partial charge is 0.0205 e. The van der Waals surface area contributed by atoms with E-state index in [4.69, 9.17) is 6.42 Å². The van der Waals surface area contributed by atoms with Gasteiger partial charge in [0, 0.05) is 11.7 Å². The zero-order valence-corrected chi connectivity index (χ0v) is 6.00. The van der Waals surface area contributed by atoms with Gasteiger partial charge in [0.15, 0.2) is 0 Å². The van der Waals surface area contributed by atoms with Gasteiger partial charge >= 0.3 is 0 Å². The summed E-state index contributed by atoms with van der Waals surface area (Å²) in [4.78, 5) is 0. The molecule has 0 spiro atoms. The molecule has 0 fully saturated rings. The molecule has 0 amide bonds. The lowest BCUT2D eigenvalue weighted by Gasteiger charge is -2.04. The number of terminal acetylenes is 1. The highest BCUT2D eigenvalue weighted by Crippen LogP contribution is 2.12. The summed E-state index contributed by atoms with van der Waals surface area (Å²) in [5.41, 5.74) is 0. The third-order valence-electron chi connectivity index (χ3n) is 1.00. The Labute approximate surface area is 56.1 Å². The fourth-order valence-electron chi connectivity index (χ4n) is 0.435. The molecule has 45 valence electrons. The molecule has 8 heavy (non-hydrogen) atoms. The predicted molar refractivity (Wildman–Crippen MR) is 40.7 cm³/mol. The average Bonchev–Trinajstić information content (AvgIpc) is 1.83. The van der Waals surface area contributed by atoms with E-state index in [0.29, 0.717) is 5.25 Å². The van der Waals surface area contributed by atoms with E-state index >= 15 is 0 Å². The van der Waals surface area contributed by atoms with Crippen molar-refractivity contribution in [2.24, 2.45) is 0 Å². The van der Waals surface area contributed by atoms with Crippen molar-refractivity contribution in [3.8, 4) is 12.3 Å². The molecule has 0 aromatic rings. The summed E-state index contributed by atoms with van der Waals surface area (Å²) >= 11 is 1.79. The summed E-state index contributed by atoms with van der Waals surface area (Å²) in [5.74, 6) is 2.61. The molecule has 0 N–H and O–H groups in total. The van der Waals surface area contributed by atoms with Crippen LogP contribution in [0.4, 0.5) is 0 Å². The van der Waals surface area contributed by atoms with Gasteiger partial charge in [-0.3, -0.25) is 0 Å². The lowest BCUT2D eigenvalue weighted by atomic mass is 10.2. The molecule has 0 aliphatic carbocycles. The van der Waals surface area contributed by atoms with Gasteiger partial charge in [-0.15, -0.1) is 12.3 Å². The minimum Gasteiger partial charge on any atom is -0.161 e. The van der Waals surface area contributed by atoms with Crippen molar-refractivity contribution in [1.29, 1.82) is 0 Å². The van der Waals surface area contributed by atoms with Crippen LogP contribution in [0.5, 0.6) is 0 Å². The monoisotopic (exact) mass is 127 g/mol. The zero-order chi connectivity index (χ0) is 6.41. The number of hydrogen-bond donors (Lipinski definition) is 0. The van der Waals surface area contributed by atoms with Crippen molar-refractivity contribution in [3.63, 3.8) is 0 Å². The van der Waals surface area contributed by atoms with Crippen molar-refractivity contribution in [2.75, 3.05) is 6.26 Å². The van der Waals surface area contributed by atoms with E-state index in [9.17, 15) is 0 Å². The third kappa shape index (κ3) is 2.98. The molecule has 0 aromatic heterocycles. The standard InChI is InChI=1S/C7H11S/c1-4-6-7(5-2)8-3/h1,7H,2,5-6H2,3H3. The van der Waals surface area contributed by atoms with E-state index in [-0.39, 0.29) is 0 Å².